The molecule has 0 saturated heterocycles. The summed E-state index contributed by atoms with van der Waals surface area (Å²) >= 11 is 3.18. The number of aromatic nitrogens is 1. The topological polar surface area (TPSA) is 45.2 Å². The highest BCUT2D eigenvalue weighted by atomic mass is 32.2. The van der Waals surface area contributed by atoms with Crippen LogP contribution in [-0.4, -0.2) is 41.7 Å². The molecule has 0 aliphatic heterocycles. The number of hydrogen-bond donors (Lipinski definition) is 1. The number of pyridine rings is 1. The molecular weight excluding hydrogens is 326 g/mol. The Morgan fingerprint density at radius 1 is 1.39 bits per heavy atom. The van der Waals surface area contributed by atoms with E-state index in [1.807, 2.05) is 12.3 Å². The molecule has 1 amide bonds. The van der Waals surface area contributed by atoms with Crippen molar-refractivity contribution < 1.29 is 4.79 Å². The maximum atomic E-state index is 12.5. The maximum Gasteiger partial charge on any atom is 0.254 e. The summed E-state index contributed by atoms with van der Waals surface area (Å²) in [5, 5.41) is 8.09. The van der Waals surface area contributed by atoms with Crippen molar-refractivity contribution in [2.45, 2.75) is 24.9 Å². The standard InChI is InChI=1S/C17H23N3OS2/c1-4-20(5-2)15(13-8-10-23-12-13)11-19-16(21)14-7-6-9-18-17(14)22-3/h6-10,12,15H,4-5,11H2,1-3H3,(H,19,21)/t15-/m0/s1. The Morgan fingerprint density at radius 2 is 2.17 bits per heavy atom. The van der Waals surface area contributed by atoms with E-state index in [0.717, 1.165) is 18.1 Å². The molecule has 1 N–H and O–H groups in total. The second-order valence-corrected chi connectivity index (χ2v) is 6.64. The third kappa shape index (κ3) is 4.56. The molecule has 0 unspecified atom stereocenters. The van der Waals surface area contributed by atoms with Gasteiger partial charge in [-0.3, -0.25) is 9.69 Å². The van der Waals surface area contributed by atoms with E-state index >= 15 is 0 Å². The van der Waals surface area contributed by atoms with Gasteiger partial charge in [-0.2, -0.15) is 11.3 Å². The zero-order valence-electron chi connectivity index (χ0n) is 13.8. The van der Waals surface area contributed by atoms with Crippen molar-refractivity contribution in [3.63, 3.8) is 0 Å². The normalized spacial score (nSPS) is 12.3. The fraction of sp³-hybridized carbons (Fsp3) is 0.412. The van der Waals surface area contributed by atoms with E-state index < -0.39 is 0 Å². The van der Waals surface area contributed by atoms with Gasteiger partial charge in [0.1, 0.15) is 5.03 Å². The number of thiophene rings is 1. The number of amides is 1. The molecule has 1 atom stereocenters. The van der Waals surface area contributed by atoms with Crippen molar-refractivity contribution >= 4 is 29.0 Å². The first-order valence-electron chi connectivity index (χ1n) is 7.74. The van der Waals surface area contributed by atoms with Crippen molar-refractivity contribution in [2.75, 3.05) is 25.9 Å². The first kappa shape index (κ1) is 18.0. The number of nitrogens with zero attached hydrogens (tertiary/aromatic N) is 2. The molecule has 2 rings (SSSR count). The third-order valence-corrected chi connectivity index (χ3v) is 5.26. The van der Waals surface area contributed by atoms with Gasteiger partial charge in [0.05, 0.1) is 11.6 Å². The summed E-state index contributed by atoms with van der Waals surface area (Å²) in [4.78, 5) is 19.1. The number of likely N-dealkylation sites (N-methyl/N-ethyl adjacent to an activating group) is 1. The van der Waals surface area contributed by atoms with E-state index in [-0.39, 0.29) is 11.9 Å². The first-order valence-corrected chi connectivity index (χ1v) is 9.91. The highest BCUT2D eigenvalue weighted by Crippen LogP contribution is 2.23. The van der Waals surface area contributed by atoms with Gasteiger partial charge in [0.2, 0.25) is 0 Å². The van der Waals surface area contributed by atoms with Crippen LogP contribution in [0.1, 0.15) is 35.8 Å². The van der Waals surface area contributed by atoms with E-state index in [4.69, 9.17) is 0 Å². The van der Waals surface area contributed by atoms with Gasteiger partial charge in [-0.1, -0.05) is 13.8 Å². The lowest BCUT2D eigenvalue weighted by Gasteiger charge is -2.29. The molecule has 0 saturated carbocycles. The molecule has 4 nitrogen and oxygen atoms in total. The number of nitrogens with one attached hydrogen (secondary N) is 1. The number of rotatable bonds is 8. The number of carbonyl (C=O) groups excluding carboxylic acids is 1. The van der Waals surface area contributed by atoms with Crippen LogP contribution in [0, 0.1) is 0 Å². The molecule has 2 aromatic heterocycles. The van der Waals surface area contributed by atoms with Crippen LogP contribution in [0.4, 0.5) is 0 Å². The van der Waals surface area contributed by atoms with Gasteiger partial charge < -0.3 is 5.32 Å². The van der Waals surface area contributed by atoms with Crippen molar-refractivity contribution in [1.82, 2.24) is 15.2 Å². The van der Waals surface area contributed by atoms with Crippen molar-refractivity contribution in [3.8, 4) is 0 Å². The second-order valence-electron chi connectivity index (χ2n) is 5.06. The molecule has 0 aliphatic rings. The molecule has 2 heterocycles. The Hall–Kier alpha value is -1.37. The molecule has 0 bridgehead atoms. The summed E-state index contributed by atoms with van der Waals surface area (Å²) < 4.78 is 0. The number of thioether (sulfide) groups is 1. The van der Waals surface area contributed by atoms with Crippen molar-refractivity contribution in [2.24, 2.45) is 0 Å². The third-order valence-electron chi connectivity index (χ3n) is 3.85. The fourth-order valence-corrected chi connectivity index (χ4v) is 3.85. The fourth-order valence-electron chi connectivity index (χ4n) is 2.60. The van der Waals surface area contributed by atoms with Crippen LogP contribution >= 0.6 is 23.1 Å². The lowest BCUT2D eigenvalue weighted by atomic mass is 10.1. The highest BCUT2D eigenvalue weighted by molar-refractivity contribution is 7.98. The Kier molecular flexibility index (Phi) is 7.08. The van der Waals surface area contributed by atoms with Gasteiger partial charge in [-0.15, -0.1) is 11.8 Å². The lowest BCUT2D eigenvalue weighted by Crippen LogP contribution is -2.38. The zero-order chi connectivity index (χ0) is 16.7. The highest BCUT2D eigenvalue weighted by Gasteiger charge is 2.20. The summed E-state index contributed by atoms with van der Waals surface area (Å²) in [6, 6.07) is 5.97. The summed E-state index contributed by atoms with van der Waals surface area (Å²) in [6.45, 7) is 6.81. The van der Waals surface area contributed by atoms with Crippen LogP contribution in [0.25, 0.3) is 0 Å². The molecule has 124 valence electrons. The largest absolute Gasteiger partial charge is 0.350 e. The molecule has 0 aliphatic carbocycles. The maximum absolute atomic E-state index is 12.5. The van der Waals surface area contributed by atoms with Crippen LogP contribution in [0.2, 0.25) is 0 Å². The number of carbonyl (C=O) groups is 1. The SMILES string of the molecule is CCN(CC)[C@@H](CNC(=O)c1cccnc1SC)c1ccsc1. The predicted octanol–water partition coefficient (Wildman–Crippen LogP) is 3.68. The first-order chi connectivity index (χ1) is 11.2. The summed E-state index contributed by atoms with van der Waals surface area (Å²) in [6.07, 6.45) is 3.65. The predicted molar refractivity (Wildman–Crippen MR) is 98.3 cm³/mol. The molecular formula is C17H23N3OS2. The van der Waals surface area contributed by atoms with Gasteiger partial charge in [0.25, 0.3) is 5.91 Å². The Balaban J connectivity index is 2.10. The second kappa shape index (κ2) is 9.05. The minimum absolute atomic E-state index is 0.0603. The average molecular weight is 350 g/mol. The van der Waals surface area contributed by atoms with Crippen LogP contribution in [0.5, 0.6) is 0 Å². The summed E-state index contributed by atoms with van der Waals surface area (Å²) in [7, 11) is 0. The van der Waals surface area contributed by atoms with Gasteiger partial charge in [0.15, 0.2) is 0 Å². The monoisotopic (exact) mass is 349 g/mol. The molecule has 0 spiro atoms. The van der Waals surface area contributed by atoms with Crippen LogP contribution in [-0.2, 0) is 0 Å². The molecule has 0 fully saturated rings. The van der Waals surface area contributed by atoms with Crippen LogP contribution in [0.15, 0.2) is 40.2 Å². The van der Waals surface area contributed by atoms with Gasteiger partial charge in [-0.05, 0) is 53.9 Å². The molecule has 2 aromatic rings. The van der Waals surface area contributed by atoms with Gasteiger partial charge in [-0.25, -0.2) is 4.98 Å². The molecule has 0 radical (unpaired) electrons. The Labute approximate surface area is 146 Å². The molecule has 6 heteroatoms. The van der Waals surface area contributed by atoms with E-state index in [2.05, 4.69) is 45.9 Å². The van der Waals surface area contributed by atoms with E-state index in [1.165, 1.54) is 17.3 Å². The quantitative estimate of drug-likeness (QED) is 0.739. The lowest BCUT2D eigenvalue weighted by molar-refractivity contribution is 0.0931. The number of hydrogen-bond acceptors (Lipinski definition) is 5. The smallest absolute Gasteiger partial charge is 0.254 e. The Bertz CT molecular complexity index is 612. The molecule has 23 heavy (non-hydrogen) atoms. The van der Waals surface area contributed by atoms with Gasteiger partial charge >= 0.3 is 0 Å². The summed E-state index contributed by atoms with van der Waals surface area (Å²) in [5.41, 5.74) is 1.90. The van der Waals surface area contributed by atoms with Crippen molar-refractivity contribution in [3.05, 3.63) is 46.3 Å². The minimum Gasteiger partial charge on any atom is -0.350 e. The van der Waals surface area contributed by atoms with E-state index in [1.54, 1.807) is 23.6 Å². The van der Waals surface area contributed by atoms with Gasteiger partial charge in [0, 0.05) is 12.7 Å². The van der Waals surface area contributed by atoms with E-state index in [9.17, 15) is 4.79 Å². The zero-order valence-corrected chi connectivity index (χ0v) is 15.4. The Morgan fingerprint density at radius 3 is 2.78 bits per heavy atom. The van der Waals surface area contributed by atoms with Crippen LogP contribution in [0.3, 0.4) is 0 Å². The van der Waals surface area contributed by atoms with Crippen LogP contribution < -0.4 is 5.32 Å². The molecule has 0 aromatic carbocycles. The summed E-state index contributed by atoms with van der Waals surface area (Å²) in [5.74, 6) is -0.0603. The van der Waals surface area contributed by atoms with Crippen molar-refractivity contribution in [1.29, 1.82) is 0 Å². The van der Waals surface area contributed by atoms with E-state index in [0.29, 0.717) is 12.1 Å². The minimum atomic E-state index is -0.0603. The average Bonchev–Trinajstić information content (AvgIpc) is 3.12.